The molecule has 2 aliphatic rings. The fraction of sp³-hybridized carbons (Fsp3) is 0.923. The van der Waals surface area contributed by atoms with Gasteiger partial charge >= 0.3 is 0 Å². The monoisotopic (exact) mass is 240 g/mol. The van der Waals surface area contributed by atoms with E-state index in [2.05, 4.69) is 0 Å². The molecule has 0 spiro atoms. The zero-order chi connectivity index (χ0) is 12.3. The van der Waals surface area contributed by atoms with Crippen molar-refractivity contribution in [1.82, 2.24) is 4.90 Å². The minimum atomic E-state index is 0.196. The molecule has 4 nitrogen and oxygen atoms in total. The van der Waals surface area contributed by atoms with E-state index in [1.165, 1.54) is 0 Å². The van der Waals surface area contributed by atoms with Crippen LogP contribution >= 0.6 is 0 Å². The Labute approximate surface area is 103 Å². The van der Waals surface area contributed by atoms with E-state index in [1.54, 1.807) is 0 Å². The maximum Gasteiger partial charge on any atom is 0.225 e. The molecule has 0 bridgehead atoms. The normalized spacial score (nSPS) is 33.6. The van der Waals surface area contributed by atoms with Gasteiger partial charge in [-0.05, 0) is 38.5 Å². The molecule has 1 saturated heterocycles. The minimum Gasteiger partial charge on any atom is -0.376 e. The van der Waals surface area contributed by atoms with Crippen molar-refractivity contribution in [3.05, 3.63) is 0 Å². The van der Waals surface area contributed by atoms with Gasteiger partial charge in [0.1, 0.15) is 0 Å². The van der Waals surface area contributed by atoms with Crippen molar-refractivity contribution in [2.75, 3.05) is 20.2 Å². The summed E-state index contributed by atoms with van der Waals surface area (Å²) in [6.45, 7) is 1.60. The maximum absolute atomic E-state index is 12.2. The molecule has 0 radical (unpaired) electrons. The molecule has 2 fully saturated rings. The predicted octanol–water partition coefficient (Wildman–Crippen LogP) is 1.14. The van der Waals surface area contributed by atoms with Gasteiger partial charge in [0.25, 0.3) is 0 Å². The maximum atomic E-state index is 12.2. The van der Waals surface area contributed by atoms with Crippen molar-refractivity contribution in [2.24, 2.45) is 11.7 Å². The summed E-state index contributed by atoms with van der Waals surface area (Å²) in [6.07, 6.45) is 6.37. The Bertz CT molecular complexity index is 256. The standard InChI is InChI=1S/C13H24N2O2/c1-15(9-12-3-2-8-17-12)13(16)10-4-6-11(14)7-5-10/h10-12H,2-9,14H2,1H3. The van der Waals surface area contributed by atoms with Crippen LogP contribution in [0.4, 0.5) is 0 Å². The average molecular weight is 240 g/mol. The van der Waals surface area contributed by atoms with Gasteiger partial charge < -0.3 is 15.4 Å². The number of nitrogens with zero attached hydrogens (tertiary/aromatic N) is 1. The molecule has 1 aliphatic heterocycles. The van der Waals surface area contributed by atoms with Crippen LogP contribution in [0.25, 0.3) is 0 Å². The minimum absolute atomic E-state index is 0.196. The average Bonchev–Trinajstić information content (AvgIpc) is 2.82. The van der Waals surface area contributed by atoms with Crippen LogP contribution in [0.1, 0.15) is 38.5 Å². The Morgan fingerprint density at radius 1 is 1.29 bits per heavy atom. The summed E-state index contributed by atoms with van der Waals surface area (Å²) in [5, 5.41) is 0. The van der Waals surface area contributed by atoms with Crippen molar-refractivity contribution in [3.8, 4) is 0 Å². The number of hydrogen-bond acceptors (Lipinski definition) is 3. The lowest BCUT2D eigenvalue weighted by molar-refractivity contribution is -0.136. The molecule has 0 aromatic heterocycles. The zero-order valence-corrected chi connectivity index (χ0v) is 10.7. The third-order valence-corrected chi connectivity index (χ3v) is 4.00. The first-order chi connectivity index (χ1) is 8.16. The lowest BCUT2D eigenvalue weighted by Crippen LogP contribution is -2.40. The smallest absolute Gasteiger partial charge is 0.225 e. The van der Waals surface area contributed by atoms with Crippen molar-refractivity contribution in [2.45, 2.75) is 50.7 Å². The van der Waals surface area contributed by atoms with Crippen LogP contribution in [0.15, 0.2) is 0 Å². The van der Waals surface area contributed by atoms with E-state index >= 15 is 0 Å². The van der Waals surface area contributed by atoms with E-state index in [0.717, 1.165) is 51.7 Å². The first-order valence-electron chi connectivity index (χ1n) is 6.79. The molecule has 1 heterocycles. The van der Waals surface area contributed by atoms with Gasteiger partial charge in [-0.15, -0.1) is 0 Å². The van der Waals surface area contributed by atoms with Gasteiger partial charge in [-0.25, -0.2) is 0 Å². The molecule has 17 heavy (non-hydrogen) atoms. The van der Waals surface area contributed by atoms with Crippen molar-refractivity contribution >= 4 is 5.91 Å². The Morgan fingerprint density at radius 2 is 2.00 bits per heavy atom. The highest BCUT2D eigenvalue weighted by Crippen LogP contribution is 2.25. The zero-order valence-electron chi connectivity index (χ0n) is 10.7. The summed E-state index contributed by atoms with van der Waals surface area (Å²) in [7, 11) is 1.90. The fourth-order valence-corrected chi connectivity index (χ4v) is 2.86. The quantitative estimate of drug-likeness (QED) is 0.805. The molecular formula is C13H24N2O2. The van der Waals surface area contributed by atoms with Crippen molar-refractivity contribution < 1.29 is 9.53 Å². The van der Waals surface area contributed by atoms with Gasteiger partial charge in [0, 0.05) is 32.2 Å². The van der Waals surface area contributed by atoms with E-state index < -0.39 is 0 Å². The molecule has 1 saturated carbocycles. The van der Waals surface area contributed by atoms with Crippen molar-refractivity contribution in [3.63, 3.8) is 0 Å². The van der Waals surface area contributed by atoms with E-state index in [-0.39, 0.29) is 17.9 Å². The summed E-state index contributed by atoms with van der Waals surface area (Å²) in [5.74, 6) is 0.480. The number of amides is 1. The Morgan fingerprint density at radius 3 is 2.59 bits per heavy atom. The van der Waals surface area contributed by atoms with Crippen LogP contribution in [-0.2, 0) is 9.53 Å². The second-order valence-electron chi connectivity index (χ2n) is 5.47. The molecule has 0 aromatic rings. The highest BCUT2D eigenvalue weighted by molar-refractivity contribution is 5.78. The highest BCUT2D eigenvalue weighted by atomic mass is 16.5. The Hall–Kier alpha value is -0.610. The third-order valence-electron chi connectivity index (χ3n) is 4.00. The molecule has 1 atom stereocenters. The predicted molar refractivity (Wildman–Crippen MR) is 66.5 cm³/mol. The van der Waals surface area contributed by atoms with E-state index in [0.29, 0.717) is 6.04 Å². The summed E-state index contributed by atoms with van der Waals surface area (Å²) in [5.41, 5.74) is 5.86. The molecule has 1 unspecified atom stereocenters. The lowest BCUT2D eigenvalue weighted by Gasteiger charge is -2.30. The van der Waals surface area contributed by atoms with Crippen LogP contribution in [0.2, 0.25) is 0 Å². The van der Waals surface area contributed by atoms with Crippen LogP contribution < -0.4 is 5.73 Å². The highest BCUT2D eigenvalue weighted by Gasteiger charge is 2.28. The van der Waals surface area contributed by atoms with E-state index in [4.69, 9.17) is 10.5 Å². The van der Waals surface area contributed by atoms with Gasteiger partial charge in [0.15, 0.2) is 0 Å². The van der Waals surface area contributed by atoms with Gasteiger partial charge in [-0.3, -0.25) is 4.79 Å². The van der Waals surface area contributed by atoms with Crippen molar-refractivity contribution in [1.29, 1.82) is 0 Å². The largest absolute Gasteiger partial charge is 0.376 e. The fourth-order valence-electron chi connectivity index (χ4n) is 2.86. The number of nitrogens with two attached hydrogens (primary N) is 1. The molecule has 98 valence electrons. The van der Waals surface area contributed by atoms with Crippen LogP contribution in [0.5, 0.6) is 0 Å². The molecule has 2 N–H and O–H groups in total. The number of rotatable bonds is 3. The topological polar surface area (TPSA) is 55.6 Å². The van der Waals surface area contributed by atoms with E-state index in [1.807, 2.05) is 11.9 Å². The van der Waals surface area contributed by atoms with Crippen LogP contribution in [0, 0.1) is 5.92 Å². The summed E-state index contributed by atoms with van der Waals surface area (Å²) < 4.78 is 5.56. The molecule has 1 amide bonds. The summed E-state index contributed by atoms with van der Waals surface area (Å²) in [4.78, 5) is 14.1. The number of likely N-dealkylation sites (N-methyl/N-ethyl adjacent to an activating group) is 1. The molecular weight excluding hydrogens is 216 g/mol. The first-order valence-corrected chi connectivity index (χ1v) is 6.79. The molecule has 1 aliphatic carbocycles. The Balaban J connectivity index is 1.77. The first kappa shape index (κ1) is 12.8. The summed E-state index contributed by atoms with van der Waals surface area (Å²) in [6, 6.07) is 0.308. The van der Waals surface area contributed by atoms with Crippen LogP contribution in [0.3, 0.4) is 0 Å². The third kappa shape index (κ3) is 3.42. The lowest BCUT2D eigenvalue weighted by atomic mass is 9.85. The van der Waals surface area contributed by atoms with Gasteiger partial charge in [0.2, 0.25) is 5.91 Å². The van der Waals surface area contributed by atoms with Gasteiger partial charge in [-0.1, -0.05) is 0 Å². The van der Waals surface area contributed by atoms with Gasteiger partial charge in [0.05, 0.1) is 6.10 Å². The number of ether oxygens (including phenoxy) is 1. The molecule has 2 rings (SSSR count). The second-order valence-corrected chi connectivity index (χ2v) is 5.47. The number of hydrogen-bond donors (Lipinski definition) is 1. The summed E-state index contributed by atoms with van der Waals surface area (Å²) >= 11 is 0. The number of carbonyl (C=O) groups excluding carboxylic acids is 1. The molecule has 0 aromatic carbocycles. The Kier molecular flexibility index (Phi) is 4.40. The van der Waals surface area contributed by atoms with E-state index in [9.17, 15) is 4.79 Å². The second kappa shape index (κ2) is 5.83. The number of carbonyl (C=O) groups is 1. The van der Waals surface area contributed by atoms with Gasteiger partial charge in [-0.2, -0.15) is 0 Å². The van der Waals surface area contributed by atoms with Crippen LogP contribution in [-0.4, -0.2) is 43.2 Å². The SMILES string of the molecule is CN(CC1CCCO1)C(=O)C1CCC(N)CC1. The molecule has 4 heteroatoms.